The minimum absolute atomic E-state index is 0.0316. The first-order chi connectivity index (χ1) is 15.5. The molecule has 2 aliphatic rings. The van der Waals surface area contributed by atoms with Crippen molar-refractivity contribution in [1.82, 2.24) is 19.2 Å². The Morgan fingerprint density at radius 2 is 1.72 bits per heavy atom. The van der Waals surface area contributed by atoms with Crippen LogP contribution in [0.4, 0.5) is 5.69 Å². The fourth-order valence-electron chi connectivity index (χ4n) is 4.94. The topological polar surface area (TPSA) is 61.2 Å². The number of hydrogen-bond acceptors (Lipinski definition) is 4. The summed E-state index contributed by atoms with van der Waals surface area (Å²) in [5.41, 5.74) is 3.74. The van der Waals surface area contributed by atoms with E-state index in [1.54, 1.807) is 6.92 Å². The lowest BCUT2D eigenvalue weighted by Gasteiger charge is -2.36. The maximum atomic E-state index is 13.5. The number of aromatic nitrogens is 2. The van der Waals surface area contributed by atoms with Crippen molar-refractivity contribution in [1.29, 1.82) is 0 Å². The number of rotatable bonds is 3. The van der Waals surface area contributed by atoms with Crippen molar-refractivity contribution in [2.45, 2.75) is 32.7 Å². The molecule has 2 saturated heterocycles. The normalized spacial score (nSPS) is 19.1. The van der Waals surface area contributed by atoms with Gasteiger partial charge in [0.2, 0.25) is 5.91 Å². The van der Waals surface area contributed by atoms with Gasteiger partial charge < -0.3 is 19.1 Å². The summed E-state index contributed by atoms with van der Waals surface area (Å²) in [4.78, 5) is 36.6. The van der Waals surface area contributed by atoms with Gasteiger partial charge in [0.15, 0.2) is 5.69 Å². The van der Waals surface area contributed by atoms with Crippen LogP contribution in [0.5, 0.6) is 0 Å². The molecule has 1 aromatic carbocycles. The smallest absolute Gasteiger partial charge is 0.274 e. The molecule has 3 aromatic rings. The SMILES string of the molecule is CC(=O)N1CCCC1c1nc(C(=O)N2CCN(c3ccc(C)cc3)CC2)c2ccccn12. The number of benzene rings is 1. The van der Waals surface area contributed by atoms with Crippen LogP contribution in [0.1, 0.15) is 47.7 Å². The van der Waals surface area contributed by atoms with E-state index in [9.17, 15) is 9.59 Å². The highest BCUT2D eigenvalue weighted by Crippen LogP contribution is 2.33. The minimum atomic E-state index is -0.0812. The van der Waals surface area contributed by atoms with Crippen LogP contribution < -0.4 is 4.90 Å². The lowest BCUT2D eigenvalue weighted by atomic mass is 10.2. The molecule has 1 atom stereocenters. The van der Waals surface area contributed by atoms with Gasteiger partial charge in [0.05, 0.1) is 11.6 Å². The number of pyridine rings is 1. The molecular weight excluding hydrogens is 402 g/mol. The zero-order valence-corrected chi connectivity index (χ0v) is 18.7. The number of piperazine rings is 1. The van der Waals surface area contributed by atoms with E-state index in [4.69, 9.17) is 4.98 Å². The Bertz CT molecular complexity index is 1140. The van der Waals surface area contributed by atoms with Gasteiger partial charge >= 0.3 is 0 Å². The fraction of sp³-hybridized carbons (Fsp3) is 0.400. The number of fused-ring (bicyclic) bond motifs is 1. The largest absolute Gasteiger partial charge is 0.368 e. The van der Waals surface area contributed by atoms with Crippen LogP contribution in [0.25, 0.3) is 5.52 Å². The summed E-state index contributed by atoms with van der Waals surface area (Å²) in [7, 11) is 0. The molecule has 2 fully saturated rings. The molecule has 32 heavy (non-hydrogen) atoms. The predicted octanol–water partition coefficient (Wildman–Crippen LogP) is 3.29. The summed E-state index contributed by atoms with van der Waals surface area (Å²) < 4.78 is 1.99. The third-order valence-corrected chi connectivity index (χ3v) is 6.70. The number of amides is 2. The Labute approximate surface area is 188 Å². The van der Waals surface area contributed by atoms with Crippen molar-refractivity contribution >= 4 is 23.0 Å². The molecule has 0 aliphatic carbocycles. The summed E-state index contributed by atoms with van der Waals surface area (Å²) in [5, 5.41) is 0. The summed E-state index contributed by atoms with van der Waals surface area (Å²) >= 11 is 0. The standard InChI is InChI=1S/C25H29N5O2/c1-18-8-10-20(11-9-18)27-14-16-28(17-15-27)25(32)23-21-6-3-4-12-30(21)24(26-23)22-7-5-13-29(22)19(2)31/h3-4,6,8-12,22H,5,7,13-17H2,1-2H3. The molecule has 7 nitrogen and oxygen atoms in total. The third-order valence-electron chi connectivity index (χ3n) is 6.70. The number of nitrogens with zero attached hydrogens (tertiary/aromatic N) is 5. The molecule has 0 spiro atoms. The van der Waals surface area contributed by atoms with E-state index in [1.807, 2.05) is 38.6 Å². The highest BCUT2D eigenvalue weighted by Gasteiger charge is 2.34. The average Bonchev–Trinajstić information content (AvgIpc) is 3.44. The second-order valence-electron chi connectivity index (χ2n) is 8.76. The first-order valence-corrected chi connectivity index (χ1v) is 11.4. The number of imidazole rings is 1. The molecule has 0 bridgehead atoms. The highest BCUT2D eigenvalue weighted by molar-refractivity contribution is 5.99. The van der Waals surface area contributed by atoms with Gasteiger partial charge in [-0.3, -0.25) is 9.59 Å². The Morgan fingerprint density at radius 1 is 0.969 bits per heavy atom. The van der Waals surface area contributed by atoms with Gasteiger partial charge in [0, 0.05) is 51.5 Å². The molecule has 4 heterocycles. The molecule has 0 saturated carbocycles. The maximum absolute atomic E-state index is 13.5. The molecule has 2 aromatic heterocycles. The quantitative estimate of drug-likeness (QED) is 0.639. The van der Waals surface area contributed by atoms with Crippen LogP contribution in [0, 0.1) is 6.92 Å². The molecule has 166 valence electrons. The molecule has 7 heteroatoms. The van der Waals surface area contributed by atoms with Crippen molar-refractivity contribution in [3.05, 3.63) is 65.7 Å². The van der Waals surface area contributed by atoms with Crippen LogP contribution >= 0.6 is 0 Å². The zero-order chi connectivity index (χ0) is 22.2. The van der Waals surface area contributed by atoms with Crippen molar-refractivity contribution in [3.8, 4) is 0 Å². The molecule has 0 radical (unpaired) electrons. The predicted molar refractivity (Wildman–Crippen MR) is 124 cm³/mol. The number of hydrogen-bond donors (Lipinski definition) is 0. The highest BCUT2D eigenvalue weighted by atomic mass is 16.2. The molecule has 2 amide bonds. The van der Waals surface area contributed by atoms with Crippen LogP contribution in [0.3, 0.4) is 0 Å². The van der Waals surface area contributed by atoms with Crippen LogP contribution in [-0.4, -0.2) is 63.7 Å². The van der Waals surface area contributed by atoms with Gasteiger partial charge in [-0.05, 0) is 44.0 Å². The molecule has 0 N–H and O–H groups in total. The average molecular weight is 432 g/mol. The van der Waals surface area contributed by atoms with Crippen molar-refractivity contribution in [2.24, 2.45) is 0 Å². The monoisotopic (exact) mass is 431 g/mol. The number of likely N-dealkylation sites (tertiary alicyclic amines) is 1. The van der Waals surface area contributed by atoms with E-state index >= 15 is 0 Å². The van der Waals surface area contributed by atoms with Crippen LogP contribution in [-0.2, 0) is 4.79 Å². The van der Waals surface area contributed by atoms with E-state index in [0.29, 0.717) is 18.8 Å². The van der Waals surface area contributed by atoms with E-state index in [0.717, 1.165) is 43.8 Å². The number of anilines is 1. The van der Waals surface area contributed by atoms with Gasteiger partial charge in [-0.15, -0.1) is 0 Å². The molecule has 5 rings (SSSR count). The van der Waals surface area contributed by atoms with Gasteiger partial charge in [-0.2, -0.15) is 0 Å². The molecule has 2 aliphatic heterocycles. The van der Waals surface area contributed by atoms with Crippen LogP contribution in [0.2, 0.25) is 0 Å². The first kappa shape index (κ1) is 20.5. The van der Waals surface area contributed by atoms with Crippen molar-refractivity contribution in [2.75, 3.05) is 37.6 Å². The van der Waals surface area contributed by atoms with E-state index in [2.05, 4.69) is 36.1 Å². The Hall–Kier alpha value is -3.35. The minimum Gasteiger partial charge on any atom is -0.368 e. The van der Waals surface area contributed by atoms with Crippen molar-refractivity contribution < 1.29 is 9.59 Å². The Kier molecular flexibility index (Phi) is 5.33. The lowest BCUT2D eigenvalue weighted by Crippen LogP contribution is -2.49. The number of carbonyl (C=O) groups is 2. The summed E-state index contributed by atoms with van der Waals surface area (Å²) in [6.07, 6.45) is 3.77. The van der Waals surface area contributed by atoms with E-state index in [1.165, 1.54) is 11.3 Å². The maximum Gasteiger partial charge on any atom is 0.274 e. The van der Waals surface area contributed by atoms with Gasteiger partial charge in [-0.25, -0.2) is 4.98 Å². The van der Waals surface area contributed by atoms with Gasteiger partial charge in [-0.1, -0.05) is 23.8 Å². The number of carbonyl (C=O) groups excluding carboxylic acids is 2. The van der Waals surface area contributed by atoms with E-state index < -0.39 is 0 Å². The summed E-state index contributed by atoms with van der Waals surface area (Å²) in [6, 6.07) is 14.3. The zero-order valence-electron chi connectivity index (χ0n) is 18.7. The number of aryl methyl sites for hydroxylation is 1. The summed E-state index contributed by atoms with van der Waals surface area (Å²) in [5.74, 6) is 0.811. The lowest BCUT2D eigenvalue weighted by molar-refractivity contribution is -0.129. The Balaban J connectivity index is 1.39. The summed E-state index contributed by atoms with van der Waals surface area (Å²) in [6.45, 7) is 7.36. The second kappa shape index (κ2) is 8.30. The third kappa shape index (κ3) is 3.61. The van der Waals surface area contributed by atoms with Gasteiger partial charge in [0.1, 0.15) is 5.82 Å². The second-order valence-corrected chi connectivity index (χ2v) is 8.76. The van der Waals surface area contributed by atoms with E-state index in [-0.39, 0.29) is 17.9 Å². The Morgan fingerprint density at radius 3 is 2.44 bits per heavy atom. The molecular formula is C25H29N5O2. The van der Waals surface area contributed by atoms with Crippen LogP contribution in [0.15, 0.2) is 48.7 Å². The fourth-order valence-corrected chi connectivity index (χ4v) is 4.94. The van der Waals surface area contributed by atoms with Gasteiger partial charge in [0.25, 0.3) is 5.91 Å². The van der Waals surface area contributed by atoms with Crippen molar-refractivity contribution in [3.63, 3.8) is 0 Å². The molecule has 1 unspecified atom stereocenters. The first-order valence-electron chi connectivity index (χ1n) is 11.4.